The lowest BCUT2D eigenvalue weighted by atomic mass is 10.3. The molecule has 0 amide bonds. The van der Waals surface area contributed by atoms with Crippen molar-refractivity contribution in [2.75, 3.05) is 14.2 Å². The lowest BCUT2D eigenvalue weighted by molar-refractivity contribution is -0.241. The summed E-state index contributed by atoms with van der Waals surface area (Å²) in [7, 11) is 1.87. The maximum absolute atomic E-state index is 12.4. The molecule has 4 nitrogen and oxygen atoms in total. The van der Waals surface area contributed by atoms with E-state index >= 15 is 0 Å². The molecule has 0 rings (SSSR count). The Morgan fingerprint density at radius 1 is 1.45 bits per heavy atom. The van der Waals surface area contributed by atoms with Gasteiger partial charge in [0.15, 0.2) is 0 Å². The van der Waals surface area contributed by atoms with Gasteiger partial charge in [0, 0.05) is 14.2 Å². The number of hydrogen-bond acceptors (Lipinski definition) is 3. The zero-order valence-corrected chi connectivity index (χ0v) is 6.01. The summed E-state index contributed by atoms with van der Waals surface area (Å²) in [5.41, 5.74) is 0. The van der Waals surface area contributed by atoms with Gasteiger partial charge in [-0.2, -0.15) is 8.78 Å². The highest BCUT2D eigenvalue weighted by Crippen LogP contribution is 2.21. The van der Waals surface area contributed by atoms with E-state index in [1.165, 1.54) is 0 Å². The molecule has 0 aromatic heterocycles. The lowest BCUT2D eigenvalue weighted by Crippen LogP contribution is -2.43. The normalized spacial score (nSPS) is 12.1. The van der Waals surface area contributed by atoms with Crippen LogP contribution in [0.1, 0.15) is 0 Å². The molecule has 0 bridgehead atoms. The van der Waals surface area contributed by atoms with Crippen LogP contribution in [0.3, 0.4) is 0 Å². The Morgan fingerprint density at radius 3 is 1.91 bits per heavy atom. The van der Waals surface area contributed by atoms with Crippen molar-refractivity contribution in [1.29, 1.82) is 0 Å². The average molecular weight is 170 g/mol. The molecule has 0 heterocycles. The number of carboxylic acids is 1. The standard InChI is InChI=1S/C5H8F2O4/c1-10-4(11-2)5(6,7)3(8)9/h4H,1-2H3,(H,8,9). The van der Waals surface area contributed by atoms with Crippen molar-refractivity contribution in [1.82, 2.24) is 0 Å². The molecule has 0 fully saturated rings. The van der Waals surface area contributed by atoms with Gasteiger partial charge in [-0.05, 0) is 0 Å². The summed E-state index contributed by atoms with van der Waals surface area (Å²) in [5, 5.41) is 7.96. The van der Waals surface area contributed by atoms with Crippen LogP contribution in [0.15, 0.2) is 0 Å². The maximum Gasteiger partial charge on any atom is 0.392 e. The molecule has 0 saturated carbocycles. The number of alkyl halides is 2. The smallest absolute Gasteiger partial charge is 0.392 e. The highest BCUT2D eigenvalue weighted by molar-refractivity contribution is 5.75. The Labute approximate surface area is 61.7 Å². The van der Waals surface area contributed by atoms with Crippen LogP contribution >= 0.6 is 0 Å². The number of aliphatic carboxylic acids is 1. The topological polar surface area (TPSA) is 55.8 Å². The average Bonchev–Trinajstić information content (AvgIpc) is 1.89. The zero-order valence-electron chi connectivity index (χ0n) is 6.01. The van der Waals surface area contributed by atoms with Crippen molar-refractivity contribution in [3.8, 4) is 0 Å². The van der Waals surface area contributed by atoms with Gasteiger partial charge in [0.25, 0.3) is 0 Å². The molecule has 0 saturated heterocycles. The van der Waals surface area contributed by atoms with E-state index in [1.54, 1.807) is 0 Å². The van der Waals surface area contributed by atoms with Crippen LogP contribution in [0.25, 0.3) is 0 Å². The third-order valence-corrected chi connectivity index (χ3v) is 1.01. The van der Waals surface area contributed by atoms with Crippen LogP contribution in [-0.2, 0) is 14.3 Å². The van der Waals surface area contributed by atoms with Gasteiger partial charge in [0.05, 0.1) is 0 Å². The largest absolute Gasteiger partial charge is 0.477 e. The fourth-order valence-corrected chi connectivity index (χ4v) is 0.493. The summed E-state index contributed by atoms with van der Waals surface area (Å²) in [6.45, 7) is 0. The number of carboxylic acid groups (broad SMARTS) is 1. The Morgan fingerprint density at radius 2 is 1.82 bits per heavy atom. The molecule has 6 heteroatoms. The Kier molecular flexibility index (Phi) is 3.34. The molecular formula is C5H8F2O4. The van der Waals surface area contributed by atoms with Crippen LogP contribution in [-0.4, -0.2) is 37.5 Å². The van der Waals surface area contributed by atoms with E-state index in [-0.39, 0.29) is 0 Å². The second kappa shape index (κ2) is 3.59. The first-order chi connectivity index (χ1) is 4.96. The Balaban J connectivity index is 4.36. The fraction of sp³-hybridized carbons (Fsp3) is 0.800. The van der Waals surface area contributed by atoms with Crippen molar-refractivity contribution < 1.29 is 28.2 Å². The number of methoxy groups -OCH3 is 2. The van der Waals surface area contributed by atoms with Crippen molar-refractivity contribution in [3.63, 3.8) is 0 Å². The van der Waals surface area contributed by atoms with Gasteiger partial charge in [-0.3, -0.25) is 0 Å². The van der Waals surface area contributed by atoms with Gasteiger partial charge < -0.3 is 14.6 Å². The van der Waals surface area contributed by atoms with E-state index in [1.807, 2.05) is 0 Å². The summed E-state index contributed by atoms with van der Waals surface area (Å²) < 4.78 is 32.9. The van der Waals surface area contributed by atoms with Crippen molar-refractivity contribution in [2.45, 2.75) is 12.2 Å². The SMILES string of the molecule is COC(OC)C(F)(F)C(=O)O. The van der Waals surface area contributed by atoms with Gasteiger partial charge >= 0.3 is 11.9 Å². The van der Waals surface area contributed by atoms with E-state index < -0.39 is 18.2 Å². The van der Waals surface area contributed by atoms with Crippen LogP contribution in [0.4, 0.5) is 8.78 Å². The molecule has 66 valence electrons. The summed E-state index contributed by atoms with van der Waals surface area (Å²) >= 11 is 0. The summed E-state index contributed by atoms with van der Waals surface area (Å²) in [6, 6.07) is 0. The molecule has 0 aromatic carbocycles. The predicted molar refractivity (Wildman–Crippen MR) is 30.4 cm³/mol. The van der Waals surface area contributed by atoms with Gasteiger partial charge in [0.2, 0.25) is 6.29 Å². The predicted octanol–water partition coefficient (Wildman–Crippen LogP) is 0.325. The zero-order chi connectivity index (χ0) is 9.07. The minimum atomic E-state index is -4.01. The van der Waals surface area contributed by atoms with Gasteiger partial charge in [-0.15, -0.1) is 0 Å². The highest BCUT2D eigenvalue weighted by Gasteiger charge is 2.48. The van der Waals surface area contributed by atoms with Crippen molar-refractivity contribution >= 4 is 5.97 Å². The van der Waals surface area contributed by atoms with E-state index in [4.69, 9.17) is 5.11 Å². The monoisotopic (exact) mass is 170 g/mol. The lowest BCUT2D eigenvalue weighted by Gasteiger charge is -2.19. The first kappa shape index (κ1) is 10.2. The van der Waals surface area contributed by atoms with E-state index in [9.17, 15) is 13.6 Å². The molecule has 0 aliphatic rings. The summed E-state index contributed by atoms with van der Waals surface area (Å²) in [6.07, 6.45) is -2.04. The number of halogens is 2. The molecule has 0 radical (unpaired) electrons. The van der Waals surface area contributed by atoms with Gasteiger partial charge in [-0.25, -0.2) is 4.79 Å². The number of rotatable bonds is 4. The summed E-state index contributed by atoms with van der Waals surface area (Å²) in [5.74, 6) is -6.28. The third kappa shape index (κ3) is 2.09. The van der Waals surface area contributed by atoms with Gasteiger partial charge in [-0.1, -0.05) is 0 Å². The first-order valence-corrected chi connectivity index (χ1v) is 2.63. The van der Waals surface area contributed by atoms with E-state index in [0.29, 0.717) is 0 Å². The summed E-state index contributed by atoms with van der Waals surface area (Å²) in [4.78, 5) is 9.87. The van der Waals surface area contributed by atoms with Crippen LogP contribution in [0.5, 0.6) is 0 Å². The molecule has 0 aliphatic heterocycles. The second-order valence-corrected chi connectivity index (χ2v) is 1.73. The maximum atomic E-state index is 12.4. The Hall–Kier alpha value is -0.750. The molecule has 11 heavy (non-hydrogen) atoms. The quantitative estimate of drug-likeness (QED) is 0.617. The minimum Gasteiger partial charge on any atom is -0.477 e. The minimum absolute atomic E-state index is 0.936. The van der Waals surface area contributed by atoms with Crippen molar-refractivity contribution in [3.05, 3.63) is 0 Å². The van der Waals surface area contributed by atoms with Crippen LogP contribution in [0.2, 0.25) is 0 Å². The second-order valence-electron chi connectivity index (χ2n) is 1.73. The van der Waals surface area contributed by atoms with Crippen LogP contribution < -0.4 is 0 Å². The molecular weight excluding hydrogens is 162 g/mol. The van der Waals surface area contributed by atoms with Crippen molar-refractivity contribution in [2.24, 2.45) is 0 Å². The van der Waals surface area contributed by atoms with Gasteiger partial charge in [0.1, 0.15) is 0 Å². The van der Waals surface area contributed by atoms with E-state index in [2.05, 4.69) is 9.47 Å². The molecule has 1 N–H and O–H groups in total. The third-order valence-electron chi connectivity index (χ3n) is 1.01. The fourth-order valence-electron chi connectivity index (χ4n) is 0.493. The molecule has 0 unspecified atom stereocenters. The molecule has 0 spiro atoms. The molecule has 0 aromatic rings. The van der Waals surface area contributed by atoms with Crippen LogP contribution in [0, 0.1) is 0 Å². The number of ether oxygens (including phenoxy) is 2. The number of carbonyl (C=O) groups is 1. The highest BCUT2D eigenvalue weighted by atomic mass is 19.3. The van der Waals surface area contributed by atoms with E-state index in [0.717, 1.165) is 14.2 Å². The molecule has 0 atom stereocenters. The molecule has 0 aliphatic carbocycles. The number of hydrogen-bond donors (Lipinski definition) is 1. The first-order valence-electron chi connectivity index (χ1n) is 2.63. The Bertz CT molecular complexity index is 143.